The van der Waals surface area contributed by atoms with Crippen LogP contribution >= 0.6 is 0 Å². The van der Waals surface area contributed by atoms with Gasteiger partial charge in [0.15, 0.2) is 0 Å². The molecular formula is C28H31N7O3. The van der Waals surface area contributed by atoms with Gasteiger partial charge in [-0.3, -0.25) is 15.1 Å². The smallest absolute Gasteiger partial charge is 0.375 e. The number of carbonyl (C=O) groups excluding carboxylic acids is 2. The number of aromatic amines is 1. The molecule has 0 spiro atoms. The summed E-state index contributed by atoms with van der Waals surface area (Å²) in [6, 6.07) is 8.06. The van der Waals surface area contributed by atoms with Gasteiger partial charge in [-0.25, -0.2) is 14.8 Å². The first kappa shape index (κ1) is 25.3. The summed E-state index contributed by atoms with van der Waals surface area (Å²) in [6.07, 6.45) is 12.9. The summed E-state index contributed by atoms with van der Waals surface area (Å²) in [5, 5.41) is 11.8. The SMILES string of the molecule is Cn1cnc(CC(=O)N2CCC(c3ccc(NC(=O)Oc4ncc(C#N)[nH]4)c(C4=CCCCC4)c3)CC2)c1. The largest absolute Gasteiger partial charge is 0.419 e. The molecule has 1 aliphatic carbocycles. The Labute approximate surface area is 221 Å². The van der Waals surface area contributed by atoms with E-state index in [-0.39, 0.29) is 17.6 Å². The number of ether oxygens (including phenoxy) is 1. The Bertz CT molecular complexity index is 1390. The molecule has 10 nitrogen and oxygen atoms in total. The van der Waals surface area contributed by atoms with Gasteiger partial charge in [0.1, 0.15) is 11.8 Å². The minimum atomic E-state index is -0.672. The maximum Gasteiger partial charge on any atom is 0.419 e. The van der Waals surface area contributed by atoms with Crippen LogP contribution in [0.3, 0.4) is 0 Å². The number of hydrogen-bond acceptors (Lipinski definition) is 6. The van der Waals surface area contributed by atoms with Gasteiger partial charge in [-0.05, 0) is 67.7 Å². The van der Waals surface area contributed by atoms with Crippen molar-refractivity contribution in [3.05, 3.63) is 65.5 Å². The predicted molar refractivity (Wildman–Crippen MR) is 141 cm³/mol. The Morgan fingerprint density at radius 1 is 1.24 bits per heavy atom. The number of nitrogens with one attached hydrogen (secondary N) is 2. The van der Waals surface area contributed by atoms with Crippen LogP contribution in [0.25, 0.3) is 5.57 Å². The van der Waals surface area contributed by atoms with Crippen molar-refractivity contribution >= 4 is 23.3 Å². The maximum atomic E-state index is 12.8. The van der Waals surface area contributed by atoms with Crippen LogP contribution in [-0.4, -0.2) is 49.5 Å². The quantitative estimate of drug-likeness (QED) is 0.498. The summed E-state index contributed by atoms with van der Waals surface area (Å²) in [5.74, 6) is 0.456. The topological polar surface area (TPSA) is 129 Å². The van der Waals surface area contributed by atoms with Crippen LogP contribution < -0.4 is 10.1 Å². The number of imidazole rings is 2. The highest BCUT2D eigenvalue weighted by atomic mass is 16.6. The van der Waals surface area contributed by atoms with E-state index >= 15 is 0 Å². The number of aromatic nitrogens is 4. The zero-order valence-corrected chi connectivity index (χ0v) is 21.4. The van der Waals surface area contributed by atoms with Gasteiger partial charge in [0.2, 0.25) is 5.91 Å². The van der Waals surface area contributed by atoms with Gasteiger partial charge in [0, 0.05) is 31.9 Å². The number of rotatable bonds is 6. The van der Waals surface area contributed by atoms with Crippen molar-refractivity contribution in [2.45, 2.75) is 50.9 Å². The minimum absolute atomic E-state index is 0.0292. The number of nitriles is 1. The van der Waals surface area contributed by atoms with Crippen LogP contribution in [0.1, 0.15) is 67.0 Å². The van der Waals surface area contributed by atoms with Crippen molar-refractivity contribution in [2.24, 2.45) is 7.05 Å². The second-order valence-electron chi connectivity index (χ2n) is 9.87. The molecular weight excluding hydrogens is 482 g/mol. The number of anilines is 1. The van der Waals surface area contributed by atoms with Crippen molar-refractivity contribution in [2.75, 3.05) is 18.4 Å². The van der Waals surface area contributed by atoms with Gasteiger partial charge in [-0.1, -0.05) is 12.1 Å². The Balaban J connectivity index is 1.27. The fourth-order valence-electron chi connectivity index (χ4n) is 5.20. The molecule has 2 aliphatic rings. The molecule has 1 aromatic carbocycles. The Morgan fingerprint density at radius 2 is 2.08 bits per heavy atom. The molecule has 3 aromatic rings. The zero-order valence-electron chi connectivity index (χ0n) is 21.4. The molecule has 1 fully saturated rings. The average Bonchev–Trinajstić information content (AvgIpc) is 3.57. The first-order valence-corrected chi connectivity index (χ1v) is 13.0. The van der Waals surface area contributed by atoms with Gasteiger partial charge in [0.25, 0.3) is 0 Å². The molecule has 0 bridgehead atoms. The first-order chi connectivity index (χ1) is 18.5. The molecule has 2 N–H and O–H groups in total. The second kappa shape index (κ2) is 11.3. The number of piperidine rings is 1. The minimum Gasteiger partial charge on any atom is -0.375 e. The standard InChI is InChI=1S/C28H31N7O3/c1-34-17-22(31-18-34)14-26(36)35-11-9-19(10-12-35)21-7-8-25(24(13-21)20-5-3-2-4-6-20)33-28(37)38-27-30-16-23(15-29)32-27/h5,7-8,13,16-19H,2-4,6,9-12,14H2,1H3,(H,30,32)(H,33,37). The van der Waals surface area contributed by atoms with Gasteiger partial charge in [-0.15, -0.1) is 0 Å². The van der Waals surface area contributed by atoms with Gasteiger partial charge in [0.05, 0.1) is 30.3 Å². The second-order valence-corrected chi connectivity index (χ2v) is 9.87. The number of allylic oxidation sites excluding steroid dienone is 2. The van der Waals surface area contributed by atoms with Gasteiger partial charge in [-0.2, -0.15) is 5.26 Å². The molecule has 0 radical (unpaired) electrons. The lowest BCUT2D eigenvalue weighted by Gasteiger charge is -2.32. The lowest BCUT2D eigenvalue weighted by atomic mass is 9.85. The summed E-state index contributed by atoms with van der Waals surface area (Å²) in [4.78, 5) is 38.1. The molecule has 2 amide bonds. The molecule has 2 aromatic heterocycles. The van der Waals surface area contributed by atoms with E-state index in [0.29, 0.717) is 31.1 Å². The fourth-order valence-corrected chi connectivity index (χ4v) is 5.20. The lowest BCUT2D eigenvalue weighted by molar-refractivity contribution is -0.131. The Morgan fingerprint density at radius 3 is 2.76 bits per heavy atom. The third kappa shape index (κ3) is 5.94. The molecule has 196 valence electrons. The number of hydrogen-bond donors (Lipinski definition) is 2. The van der Waals surface area contributed by atoms with Crippen LogP contribution in [0.15, 0.2) is 43.0 Å². The molecule has 10 heteroatoms. The lowest BCUT2D eigenvalue weighted by Crippen LogP contribution is -2.38. The van der Waals surface area contributed by atoms with Crippen molar-refractivity contribution in [1.82, 2.24) is 24.4 Å². The highest BCUT2D eigenvalue weighted by Gasteiger charge is 2.25. The average molecular weight is 514 g/mol. The summed E-state index contributed by atoms with van der Waals surface area (Å²) >= 11 is 0. The summed E-state index contributed by atoms with van der Waals surface area (Å²) in [5.41, 5.74) is 5.14. The normalized spacial score (nSPS) is 16.0. The zero-order chi connectivity index (χ0) is 26.5. The molecule has 1 saturated heterocycles. The summed E-state index contributed by atoms with van der Waals surface area (Å²) in [7, 11) is 1.90. The van der Waals surface area contributed by atoms with E-state index in [1.807, 2.05) is 34.8 Å². The van der Waals surface area contributed by atoms with E-state index in [4.69, 9.17) is 10.00 Å². The number of likely N-dealkylation sites (tertiary alicyclic amines) is 1. The number of nitrogens with zero attached hydrogens (tertiary/aromatic N) is 5. The molecule has 38 heavy (non-hydrogen) atoms. The van der Waals surface area contributed by atoms with E-state index in [0.717, 1.165) is 43.4 Å². The van der Waals surface area contributed by atoms with Crippen LogP contribution in [0.2, 0.25) is 0 Å². The van der Waals surface area contributed by atoms with Crippen LogP contribution in [0.5, 0.6) is 6.01 Å². The maximum absolute atomic E-state index is 12.8. The number of amides is 2. The van der Waals surface area contributed by atoms with Gasteiger partial charge < -0.3 is 14.2 Å². The van der Waals surface area contributed by atoms with Crippen LogP contribution in [0.4, 0.5) is 10.5 Å². The van der Waals surface area contributed by atoms with E-state index in [1.165, 1.54) is 23.8 Å². The number of aryl methyl sites for hydroxylation is 1. The third-order valence-corrected chi connectivity index (χ3v) is 7.19. The van der Waals surface area contributed by atoms with E-state index in [1.54, 1.807) is 6.33 Å². The van der Waals surface area contributed by atoms with Crippen molar-refractivity contribution < 1.29 is 14.3 Å². The number of carbonyl (C=O) groups is 2. The van der Waals surface area contributed by atoms with E-state index in [9.17, 15) is 9.59 Å². The van der Waals surface area contributed by atoms with E-state index < -0.39 is 6.09 Å². The fraction of sp³-hybridized carbons (Fsp3) is 0.393. The highest BCUT2D eigenvalue weighted by Crippen LogP contribution is 2.36. The molecule has 5 rings (SSSR count). The van der Waals surface area contributed by atoms with Crippen LogP contribution in [-0.2, 0) is 18.3 Å². The summed E-state index contributed by atoms with van der Waals surface area (Å²) in [6.45, 7) is 1.43. The first-order valence-electron chi connectivity index (χ1n) is 13.0. The number of H-pyrrole nitrogens is 1. The number of benzene rings is 1. The molecule has 3 heterocycles. The van der Waals surface area contributed by atoms with E-state index in [2.05, 4.69) is 38.5 Å². The highest BCUT2D eigenvalue weighted by molar-refractivity contribution is 5.91. The van der Waals surface area contributed by atoms with Gasteiger partial charge >= 0.3 is 12.1 Å². The van der Waals surface area contributed by atoms with Crippen LogP contribution in [0, 0.1) is 11.3 Å². The monoisotopic (exact) mass is 513 g/mol. The Kier molecular flexibility index (Phi) is 7.54. The summed E-state index contributed by atoms with van der Waals surface area (Å²) < 4.78 is 7.09. The molecule has 1 aliphatic heterocycles. The molecule has 0 atom stereocenters. The van der Waals surface area contributed by atoms with Crippen molar-refractivity contribution in [3.8, 4) is 12.1 Å². The van der Waals surface area contributed by atoms with Crippen molar-refractivity contribution in [1.29, 1.82) is 5.26 Å². The molecule has 0 saturated carbocycles. The Hall–Kier alpha value is -4.39. The van der Waals surface area contributed by atoms with Crippen molar-refractivity contribution in [3.63, 3.8) is 0 Å². The molecule has 0 unspecified atom stereocenters. The third-order valence-electron chi connectivity index (χ3n) is 7.19. The predicted octanol–water partition coefficient (Wildman–Crippen LogP) is 4.53.